The number of nitrogens with zero attached hydrogens (tertiary/aromatic N) is 1. The lowest BCUT2D eigenvalue weighted by molar-refractivity contribution is 0.601. The third-order valence-electron chi connectivity index (χ3n) is 2.45. The number of aromatic amines is 1. The number of hydrogen-bond donors (Lipinski definition) is 2. The van der Waals surface area contributed by atoms with E-state index in [9.17, 15) is 8.42 Å². The maximum absolute atomic E-state index is 12.1. The summed E-state index contributed by atoms with van der Waals surface area (Å²) in [6, 6.07) is 5.74. The number of hydrogen-bond acceptors (Lipinski definition) is 3. The van der Waals surface area contributed by atoms with Crippen LogP contribution in [0.2, 0.25) is 10.0 Å². The summed E-state index contributed by atoms with van der Waals surface area (Å²) in [4.78, 5) is 0.0305. The van der Waals surface area contributed by atoms with E-state index in [1.165, 1.54) is 18.2 Å². The molecule has 0 spiro atoms. The average Bonchev–Trinajstić information content (AvgIpc) is 2.79. The molecule has 2 N–H and O–H groups in total. The van der Waals surface area contributed by atoms with E-state index in [1.54, 1.807) is 6.07 Å². The van der Waals surface area contributed by atoms with Crippen LogP contribution in [0.3, 0.4) is 0 Å². The highest BCUT2D eigenvalue weighted by Gasteiger charge is 2.17. The van der Waals surface area contributed by atoms with Crippen molar-refractivity contribution in [3.05, 3.63) is 40.0 Å². The van der Waals surface area contributed by atoms with E-state index in [0.29, 0.717) is 5.02 Å². The van der Waals surface area contributed by atoms with Crippen molar-refractivity contribution in [2.75, 3.05) is 4.72 Å². The summed E-state index contributed by atoms with van der Waals surface area (Å²) in [6.45, 7) is 1.94. The van der Waals surface area contributed by atoms with Crippen LogP contribution in [0.5, 0.6) is 0 Å². The van der Waals surface area contributed by atoms with E-state index >= 15 is 0 Å². The van der Waals surface area contributed by atoms with E-state index in [1.807, 2.05) is 6.92 Å². The molecule has 0 atom stereocenters. The van der Waals surface area contributed by atoms with Crippen LogP contribution in [0.1, 0.15) is 12.6 Å². The Kier molecular flexibility index (Phi) is 4.03. The highest BCUT2D eigenvalue weighted by atomic mass is 35.5. The maximum Gasteiger partial charge on any atom is 0.263 e. The lowest BCUT2D eigenvalue weighted by Gasteiger charge is -2.06. The van der Waals surface area contributed by atoms with E-state index in [2.05, 4.69) is 14.9 Å². The molecule has 8 heteroatoms. The zero-order valence-electron chi connectivity index (χ0n) is 9.94. The molecule has 0 aliphatic heterocycles. The normalized spacial score (nSPS) is 11.5. The second kappa shape index (κ2) is 5.40. The average molecular weight is 320 g/mol. The number of aromatic nitrogens is 2. The molecule has 19 heavy (non-hydrogen) atoms. The third-order valence-corrected chi connectivity index (χ3v) is 4.54. The Bertz CT molecular complexity index is 698. The first kappa shape index (κ1) is 14.2. The molecule has 0 bridgehead atoms. The second-order valence-corrected chi connectivity index (χ2v) is 6.31. The van der Waals surface area contributed by atoms with Crippen LogP contribution < -0.4 is 4.72 Å². The van der Waals surface area contributed by atoms with Crippen LogP contribution in [0.4, 0.5) is 5.82 Å². The number of sulfonamides is 1. The van der Waals surface area contributed by atoms with Gasteiger partial charge in [0.15, 0.2) is 5.82 Å². The Morgan fingerprint density at radius 3 is 2.58 bits per heavy atom. The second-order valence-electron chi connectivity index (χ2n) is 3.81. The summed E-state index contributed by atoms with van der Waals surface area (Å²) in [5.74, 6) is 0.239. The zero-order valence-corrected chi connectivity index (χ0v) is 12.3. The summed E-state index contributed by atoms with van der Waals surface area (Å²) in [7, 11) is -3.72. The predicted molar refractivity (Wildman–Crippen MR) is 75.2 cm³/mol. The summed E-state index contributed by atoms with van der Waals surface area (Å²) < 4.78 is 26.6. The van der Waals surface area contributed by atoms with Gasteiger partial charge in [0.25, 0.3) is 10.0 Å². The van der Waals surface area contributed by atoms with Crippen molar-refractivity contribution in [2.24, 2.45) is 0 Å². The smallest absolute Gasteiger partial charge is 0.263 e. The van der Waals surface area contributed by atoms with Crippen LogP contribution in [0.15, 0.2) is 29.2 Å². The minimum atomic E-state index is -3.72. The topological polar surface area (TPSA) is 74.8 Å². The van der Waals surface area contributed by atoms with Gasteiger partial charge in [0.2, 0.25) is 0 Å². The Hall–Kier alpha value is -1.24. The van der Waals surface area contributed by atoms with Crippen molar-refractivity contribution < 1.29 is 8.42 Å². The molecular formula is C11H11Cl2N3O2S. The molecule has 1 aromatic carbocycles. The van der Waals surface area contributed by atoms with E-state index in [4.69, 9.17) is 23.2 Å². The molecule has 5 nitrogen and oxygen atoms in total. The summed E-state index contributed by atoms with van der Waals surface area (Å²) in [5.41, 5.74) is 0.840. The summed E-state index contributed by atoms with van der Waals surface area (Å²) in [6.07, 6.45) is 0.738. The van der Waals surface area contributed by atoms with E-state index in [-0.39, 0.29) is 15.7 Å². The van der Waals surface area contributed by atoms with E-state index < -0.39 is 10.0 Å². The van der Waals surface area contributed by atoms with Gasteiger partial charge >= 0.3 is 0 Å². The number of nitrogens with one attached hydrogen (secondary N) is 2. The zero-order chi connectivity index (χ0) is 14.0. The lowest BCUT2D eigenvalue weighted by Crippen LogP contribution is -2.13. The molecule has 0 saturated heterocycles. The fourth-order valence-electron chi connectivity index (χ4n) is 1.44. The molecule has 0 unspecified atom stereocenters. The Morgan fingerprint density at radius 2 is 2.00 bits per heavy atom. The van der Waals surface area contributed by atoms with Gasteiger partial charge in [0.1, 0.15) is 0 Å². The van der Waals surface area contributed by atoms with Crippen molar-refractivity contribution >= 4 is 39.0 Å². The molecule has 2 rings (SSSR count). The van der Waals surface area contributed by atoms with Crippen LogP contribution in [0.25, 0.3) is 0 Å². The monoisotopic (exact) mass is 319 g/mol. The van der Waals surface area contributed by atoms with Gasteiger partial charge < -0.3 is 0 Å². The van der Waals surface area contributed by atoms with Gasteiger partial charge in [0.05, 0.1) is 14.9 Å². The number of aryl methyl sites for hydroxylation is 1. The predicted octanol–water partition coefficient (Wildman–Crippen LogP) is 3.08. The van der Waals surface area contributed by atoms with Crippen molar-refractivity contribution in [3.8, 4) is 0 Å². The SMILES string of the molecule is CCc1cc(NS(=O)(=O)c2ccc(Cl)c(Cl)c2)n[nH]1. The molecule has 0 fully saturated rings. The van der Waals surface area contributed by atoms with Gasteiger partial charge in [-0.05, 0) is 24.6 Å². The van der Waals surface area contributed by atoms with Crippen molar-refractivity contribution in [1.29, 1.82) is 0 Å². The minimum absolute atomic E-state index is 0.0305. The molecule has 0 aliphatic carbocycles. The van der Waals surface area contributed by atoms with Crippen LogP contribution in [-0.4, -0.2) is 18.6 Å². The van der Waals surface area contributed by atoms with Crippen LogP contribution in [-0.2, 0) is 16.4 Å². The Labute approximate surface area is 121 Å². The Morgan fingerprint density at radius 1 is 1.26 bits per heavy atom. The highest BCUT2D eigenvalue weighted by molar-refractivity contribution is 7.92. The van der Waals surface area contributed by atoms with Gasteiger partial charge in [-0.15, -0.1) is 0 Å². The lowest BCUT2D eigenvalue weighted by atomic mass is 10.3. The largest absolute Gasteiger partial charge is 0.280 e. The van der Waals surface area contributed by atoms with Crippen molar-refractivity contribution in [1.82, 2.24) is 10.2 Å². The fourth-order valence-corrected chi connectivity index (χ4v) is 2.82. The van der Waals surface area contributed by atoms with Gasteiger partial charge in [-0.2, -0.15) is 5.10 Å². The molecule has 0 aliphatic rings. The molecule has 2 aromatic rings. The first-order chi connectivity index (χ1) is 8.92. The van der Waals surface area contributed by atoms with Crippen LogP contribution in [0, 0.1) is 0 Å². The molecule has 1 heterocycles. The number of benzene rings is 1. The molecule has 102 valence electrons. The minimum Gasteiger partial charge on any atom is -0.280 e. The Balaban J connectivity index is 2.29. The van der Waals surface area contributed by atoms with Gasteiger partial charge in [-0.25, -0.2) is 8.42 Å². The molecule has 0 amide bonds. The van der Waals surface area contributed by atoms with Crippen molar-refractivity contribution in [2.45, 2.75) is 18.2 Å². The van der Waals surface area contributed by atoms with E-state index in [0.717, 1.165) is 12.1 Å². The molecule has 0 radical (unpaired) electrons. The first-order valence-electron chi connectivity index (χ1n) is 5.44. The molecular weight excluding hydrogens is 309 g/mol. The number of anilines is 1. The molecule has 1 aromatic heterocycles. The quantitative estimate of drug-likeness (QED) is 0.909. The third kappa shape index (κ3) is 3.20. The van der Waals surface area contributed by atoms with Crippen molar-refractivity contribution in [3.63, 3.8) is 0 Å². The first-order valence-corrected chi connectivity index (χ1v) is 7.68. The maximum atomic E-state index is 12.1. The van der Waals surface area contributed by atoms with Gasteiger partial charge in [-0.1, -0.05) is 30.1 Å². The highest BCUT2D eigenvalue weighted by Crippen LogP contribution is 2.25. The number of rotatable bonds is 4. The fraction of sp³-hybridized carbons (Fsp3) is 0.182. The number of halogens is 2. The van der Waals surface area contributed by atoms with Gasteiger partial charge in [0, 0.05) is 11.8 Å². The summed E-state index contributed by atoms with van der Waals surface area (Å²) >= 11 is 11.6. The van der Waals surface area contributed by atoms with Crippen LogP contribution >= 0.6 is 23.2 Å². The number of H-pyrrole nitrogens is 1. The molecule has 0 saturated carbocycles. The van der Waals surface area contributed by atoms with Gasteiger partial charge in [-0.3, -0.25) is 9.82 Å². The standard InChI is InChI=1S/C11H11Cl2N3O2S/c1-2-7-5-11(15-14-7)16-19(17,18)8-3-4-9(12)10(13)6-8/h3-6H,2H2,1H3,(H2,14,15,16). The summed E-state index contributed by atoms with van der Waals surface area (Å²) in [5, 5.41) is 7.07.